The van der Waals surface area contributed by atoms with Gasteiger partial charge in [-0.15, -0.1) is 0 Å². The Morgan fingerprint density at radius 2 is 2.00 bits per heavy atom. The lowest BCUT2D eigenvalue weighted by Crippen LogP contribution is -2.53. The molecule has 1 saturated carbocycles. The number of nitrogens with one attached hydrogen (secondary N) is 1. The number of nitrogens with zero attached hydrogens (tertiary/aromatic N) is 1. The zero-order chi connectivity index (χ0) is 14.5. The van der Waals surface area contributed by atoms with Gasteiger partial charge in [0, 0.05) is 31.2 Å². The summed E-state index contributed by atoms with van der Waals surface area (Å²) in [5.41, 5.74) is 0. The summed E-state index contributed by atoms with van der Waals surface area (Å²) in [5, 5.41) is 3.83. The molecule has 2 aliphatic heterocycles. The first-order valence-electron chi connectivity index (χ1n) is 9.43. The van der Waals surface area contributed by atoms with Crippen molar-refractivity contribution in [3.8, 4) is 0 Å². The van der Waals surface area contributed by atoms with Crippen LogP contribution in [0.1, 0.15) is 58.3 Å². The molecule has 1 N–H and O–H groups in total. The maximum Gasteiger partial charge on any atom is 0.0510 e. The van der Waals surface area contributed by atoms with E-state index in [1.54, 1.807) is 0 Å². The van der Waals surface area contributed by atoms with Gasteiger partial charge in [-0.25, -0.2) is 0 Å². The standard InChI is InChI=1S/C18H34N2O/c1-2-10-19-17(16-9-12-21-14-16)13-20-11-5-7-15-6-3-4-8-18(15)20/h15-19H,2-14H2,1H3. The van der Waals surface area contributed by atoms with E-state index >= 15 is 0 Å². The van der Waals surface area contributed by atoms with Crippen LogP contribution in [0.25, 0.3) is 0 Å². The van der Waals surface area contributed by atoms with Gasteiger partial charge < -0.3 is 10.1 Å². The van der Waals surface area contributed by atoms with Crippen molar-refractivity contribution in [3.63, 3.8) is 0 Å². The Hall–Kier alpha value is -0.120. The number of ether oxygens (including phenoxy) is 1. The van der Waals surface area contributed by atoms with E-state index < -0.39 is 0 Å². The molecule has 2 heterocycles. The molecule has 0 spiro atoms. The monoisotopic (exact) mass is 294 g/mol. The first-order valence-corrected chi connectivity index (χ1v) is 9.43. The van der Waals surface area contributed by atoms with E-state index in [1.807, 2.05) is 0 Å². The van der Waals surface area contributed by atoms with E-state index in [9.17, 15) is 0 Å². The molecule has 3 heteroatoms. The quantitative estimate of drug-likeness (QED) is 0.815. The average Bonchev–Trinajstić information content (AvgIpc) is 3.06. The Kier molecular flexibility index (Phi) is 5.96. The molecule has 2 saturated heterocycles. The van der Waals surface area contributed by atoms with Crippen LogP contribution in [0.2, 0.25) is 0 Å². The highest BCUT2D eigenvalue weighted by Gasteiger charge is 2.35. The summed E-state index contributed by atoms with van der Waals surface area (Å²) in [6.07, 6.45) is 11.3. The van der Waals surface area contributed by atoms with Crippen molar-refractivity contribution in [1.82, 2.24) is 10.2 Å². The molecule has 3 fully saturated rings. The molecular weight excluding hydrogens is 260 g/mol. The Morgan fingerprint density at radius 3 is 2.81 bits per heavy atom. The zero-order valence-electron chi connectivity index (χ0n) is 13.9. The summed E-state index contributed by atoms with van der Waals surface area (Å²) in [6.45, 7) is 7.97. The average molecular weight is 294 g/mol. The van der Waals surface area contributed by atoms with Crippen LogP contribution >= 0.6 is 0 Å². The Labute approximate surface area is 130 Å². The molecule has 3 aliphatic rings. The van der Waals surface area contributed by atoms with Crippen LogP contribution < -0.4 is 5.32 Å². The Balaban J connectivity index is 1.59. The third-order valence-electron chi connectivity index (χ3n) is 5.98. The molecule has 3 rings (SSSR count). The predicted molar refractivity (Wildman–Crippen MR) is 87.6 cm³/mol. The van der Waals surface area contributed by atoms with E-state index in [-0.39, 0.29) is 0 Å². The van der Waals surface area contributed by atoms with E-state index in [0.717, 1.165) is 37.6 Å². The van der Waals surface area contributed by atoms with Gasteiger partial charge >= 0.3 is 0 Å². The number of fused-ring (bicyclic) bond motifs is 1. The van der Waals surface area contributed by atoms with Gasteiger partial charge in [0.25, 0.3) is 0 Å². The minimum absolute atomic E-state index is 0.646. The molecule has 0 aromatic heterocycles. The van der Waals surface area contributed by atoms with E-state index in [2.05, 4.69) is 17.1 Å². The van der Waals surface area contributed by atoms with E-state index in [4.69, 9.17) is 4.74 Å². The smallest absolute Gasteiger partial charge is 0.0510 e. The van der Waals surface area contributed by atoms with Crippen molar-refractivity contribution in [2.75, 3.05) is 32.8 Å². The van der Waals surface area contributed by atoms with Crippen LogP contribution in [-0.2, 0) is 4.74 Å². The van der Waals surface area contributed by atoms with Gasteiger partial charge in [-0.05, 0) is 57.5 Å². The van der Waals surface area contributed by atoms with Crippen molar-refractivity contribution >= 4 is 0 Å². The molecule has 0 aromatic rings. The molecule has 1 aliphatic carbocycles. The molecule has 0 amide bonds. The van der Waals surface area contributed by atoms with Crippen molar-refractivity contribution in [3.05, 3.63) is 0 Å². The fraction of sp³-hybridized carbons (Fsp3) is 1.00. The van der Waals surface area contributed by atoms with E-state index in [1.165, 1.54) is 64.5 Å². The van der Waals surface area contributed by atoms with Crippen molar-refractivity contribution in [1.29, 1.82) is 0 Å². The molecule has 3 nitrogen and oxygen atoms in total. The fourth-order valence-electron chi connectivity index (χ4n) is 4.79. The molecule has 0 bridgehead atoms. The summed E-state index contributed by atoms with van der Waals surface area (Å²) >= 11 is 0. The number of likely N-dealkylation sites (tertiary alicyclic amines) is 1. The van der Waals surface area contributed by atoms with Gasteiger partial charge in [-0.3, -0.25) is 4.90 Å². The second-order valence-electron chi connectivity index (χ2n) is 7.43. The maximum absolute atomic E-state index is 5.66. The first kappa shape index (κ1) is 15.8. The number of hydrogen-bond donors (Lipinski definition) is 1. The third-order valence-corrected chi connectivity index (χ3v) is 5.98. The predicted octanol–water partition coefficient (Wildman–Crippen LogP) is 3.05. The lowest BCUT2D eigenvalue weighted by Gasteiger charge is -2.46. The van der Waals surface area contributed by atoms with Gasteiger partial charge in [-0.2, -0.15) is 0 Å². The van der Waals surface area contributed by atoms with Gasteiger partial charge in [-0.1, -0.05) is 19.8 Å². The first-order chi connectivity index (χ1) is 10.4. The highest BCUT2D eigenvalue weighted by Crippen LogP contribution is 2.35. The Bertz CT molecular complexity index is 302. The van der Waals surface area contributed by atoms with Gasteiger partial charge in [0.05, 0.1) is 6.61 Å². The molecule has 4 atom stereocenters. The number of hydrogen-bond acceptors (Lipinski definition) is 3. The fourth-order valence-corrected chi connectivity index (χ4v) is 4.79. The van der Waals surface area contributed by atoms with Crippen molar-refractivity contribution in [2.45, 2.75) is 70.4 Å². The molecular formula is C18H34N2O. The minimum Gasteiger partial charge on any atom is -0.381 e. The highest BCUT2D eigenvalue weighted by molar-refractivity contribution is 4.91. The normalized spacial score (nSPS) is 35.6. The zero-order valence-corrected chi connectivity index (χ0v) is 13.9. The van der Waals surface area contributed by atoms with Crippen LogP contribution in [0.3, 0.4) is 0 Å². The molecule has 21 heavy (non-hydrogen) atoms. The van der Waals surface area contributed by atoms with Crippen LogP contribution in [-0.4, -0.2) is 49.8 Å². The number of rotatable bonds is 6. The SMILES string of the molecule is CCCNC(CN1CCCC2CCCCC21)C1CCOC1. The summed E-state index contributed by atoms with van der Waals surface area (Å²) in [5.74, 6) is 1.74. The van der Waals surface area contributed by atoms with E-state index in [0.29, 0.717) is 6.04 Å². The molecule has 0 aromatic carbocycles. The van der Waals surface area contributed by atoms with Gasteiger partial charge in [0.2, 0.25) is 0 Å². The van der Waals surface area contributed by atoms with Crippen LogP contribution in [0, 0.1) is 11.8 Å². The van der Waals surface area contributed by atoms with Crippen LogP contribution in [0.15, 0.2) is 0 Å². The van der Waals surface area contributed by atoms with Crippen LogP contribution in [0.4, 0.5) is 0 Å². The lowest BCUT2D eigenvalue weighted by molar-refractivity contribution is 0.0453. The molecule has 0 radical (unpaired) electrons. The maximum atomic E-state index is 5.66. The van der Waals surface area contributed by atoms with Gasteiger partial charge in [0.15, 0.2) is 0 Å². The molecule has 4 unspecified atom stereocenters. The third kappa shape index (κ3) is 4.00. The second kappa shape index (κ2) is 7.94. The summed E-state index contributed by atoms with van der Waals surface area (Å²) in [7, 11) is 0. The van der Waals surface area contributed by atoms with Crippen LogP contribution in [0.5, 0.6) is 0 Å². The summed E-state index contributed by atoms with van der Waals surface area (Å²) in [4.78, 5) is 2.85. The largest absolute Gasteiger partial charge is 0.381 e. The topological polar surface area (TPSA) is 24.5 Å². The summed E-state index contributed by atoms with van der Waals surface area (Å²) < 4.78 is 5.66. The Morgan fingerprint density at radius 1 is 1.14 bits per heavy atom. The second-order valence-corrected chi connectivity index (χ2v) is 7.43. The summed E-state index contributed by atoms with van der Waals surface area (Å²) in [6, 6.07) is 1.54. The molecule has 122 valence electrons. The van der Waals surface area contributed by atoms with Crippen molar-refractivity contribution < 1.29 is 4.74 Å². The lowest BCUT2D eigenvalue weighted by atomic mass is 9.78. The highest BCUT2D eigenvalue weighted by atomic mass is 16.5. The minimum atomic E-state index is 0.646. The van der Waals surface area contributed by atoms with Crippen molar-refractivity contribution in [2.24, 2.45) is 11.8 Å². The van der Waals surface area contributed by atoms with Gasteiger partial charge in [0.1, 0.15) is 0 Å². The number of piperidine rings is 1.